The van der Waals surface area contributed by atoms with Gasteiger partial charge < -0.3 is 4.90 Å². The quantitative estimate of drug-likeness (QED) is 0.850. The fourth-order valence-corrected chi connectivity index (χ4v) is 3.74. The van der Waals surface area contributed by atoms with Crippen LogP contribution >= 0.6 is 0 Å². The molecule has 1 saturated heterocycles. The van der Waals surface area contributed by atoms with E-state index in [9.17, 15) is 0 Å². The third-order valence-electron chi connectivity index (χ3n) is 4.89. The summed E-state index contributed by atoms with van der Waals surface area (Å²) in [5, 5.41) is 13.1. The third-order valence-corrected chi connectivity index (χ3v) is 4.89. The Kier molecular flexibility index (Phi) is 3.13. The van der Waals surface area contributed by atoms with E-state index in [-0.39, 0.29) is 0 Å². The molecule has 5 nitrogen and oxygen atoms in total. The smallest absolute Gasteiger partial charge is 0.175 e. The van der Waals surface area contributed by atoms with Crippen LogP contribution in [-0.4, -0.2) is 33.1 Å². The van der Waals surface area contributed by atoms with Crippen LogP contribution in [0.5, 0.6) is 0 Å². The van der Waals surface area contributed by atoms with Crippen molar-refractivity contribution in [3.63, 3.8) is 0 Å². The summed E-state index contributed by atoms with van der Waals surface area (Å²) < 4.78 is 1.77. The fourth-order valence-electron chi connectivity index (χ4n) is 3.74. The van der Waals surface area contributed by atoms with Crippen molar-refractivity contribution in [3.8, 4) is 5.82 Å². The molecular formula is C16H21N5. The predicted octanol–water partition coefficient (Wildman–Crippen LogP) is 2.60. The van der Waals surface area contributed by atoms with Crippen LogP contribution in [0, 0.1) is 18.8 Å². The van der Waals surface area contributed by atoms with Gasteiger partial charge in [-0.15, -0.1) is 10.2 Å². The Morgan fingerprint density at radius 3 is 2.19 bits per heavy atom. The number of aromatic nitrogens is 4. The van der Waals surface area contributed by atoms with Gasteiger partial charge in [-0.05, 0) is 49.8 Å². The number of fused-ring (bicyclic) bond motifs is 1. The van der Waals surface area contributed by atoms with Gasteiger partial charge in [-0.25, -0.2) is 4.68 Å². The lowest BCUT2D eigenvalue weighted by Crippen LogP contribution is -2.21. The number of aryl methyl sites for hydroxylation is 1. The maximum Gasteiger partial charge on any atom is 0.175 e. The molecule has 21 heavy (non-hydrogen) atoms. The second kappa shape index (κ2) is 5.13. The van der Waals surface area contributed by atoms with Crippen molar-refractivity contribution in [3.05, 3.63) is 30.1 Å². The molecule has 0 spiro atoms. The molecule has 0 amide bonds. The lowest BCUT2D eigenvalue weighted by Gasteiger charge is -2.22. The highest BCUT2D eigenvalue weighted by Crippen LogP contribution is 2.37. The molecule has 1 saturated carbocycles. The second-order valence-corrected chi connectivity index (χ2v) is 6.36. The zero-order valence-corrected chi connectivity index (χ0v) is 12.4. The SMILES string of the molecule is Cc1ccn(-c2ccc(N3CC4CCCCC4C3)nn2)n1. The van der Waals surface area contributed by atoms with Crippen LogP contribution in [0.15, 0.2) is 24.4 Å². The number of hydrogen-bond acceptors (Lipinski definition) is 4. The number of anilines is 1. The molecule has 0 N–H and O–H groups in total. The molecule has 0 bridgehead atoms. The molecule has 2 atom stereocenters. The van der Waals surface area contributed by atoms with E-state index < -0.39 is 0 Å². The Labute approximate surface area is 125 Å². The van der Waals surface area contributed by atoms with E-state index in [4.69, 9.17) is 0 Å². The van der Waals surface area contributed by atoms with E-state index in [1.165, 1.54) is 25.7 Å². The Bertz CT molecular complexity index is 604. The Balaban J connectivity index is 1.51. The monoisotopic (exact) mass is 283 g/mol. The molecular weight excluding hydrogens is 262 g/mol. The molecule has 2 aromatic heterocycles. The minimum atomic E-state index is 0.781. The molecule has 0 aromatic carbocycles. The van der Waals surface area contributed by atoms with Gasteiger partial charge in [-0.3, -0.25) is 0 Å². The van der Waals surface area contributed by atoms with Crippen LogP contribution in [-0.2, 0) is 0 Å². The van der Waals surface area contributed by atoms with Crippen molar-refractivity contribution in [2.45, 2.75) is 32.6 Å². The van der Waals surface area contributed by atoms with Crippen molar-refractivity contribution in [1.29, 1.82) is 0 Å². The first kappa shape index (κ1) is 12.8. The van der Waals surface area contributed by atoms with Crippen molar-refractivity contribution in [1.82, 2.24) is 20.0 Å². The summed E-state index contributed by atoms with van der Waals surface area (Å²) in [6.07, 6.45) is 7.50. The summed E-state index contributed by atoms with van der Waals surface area (Å²) in [6.45, 7) is 4.28. The van der Waals surface area contributed by atoms with Gasteiger partial charge in [0, 0.05) is 19.3 Å². The van der Waals surface area contributed by atoms with Gasteiger partial charge >= 0.3 is 0 Å². The molecule has 3 heterocycles. The van der Waals surface area contributed by atoms with Gasteiger partial charge in [0.15, 0.2) is 11.6 Å². The number of nitrogens with zero attached hydrogens (tertiary/aromatic N) is 5. The molecule has 2 unspecified atom stereocenters. The lowest BCUT2D eigenvalue weighted by atomic mass is 9.82. The van der Waals surface area contributed by atoms with Crippen molar-refractivity contribution >= 4 is 5.82 Å². The topological polar surface area (TPSA) is 46.8 Å². The molecule has 2 aliphatic rings. The summed E-state index contributed by atoms with van der Waals surface area (Å²) in [6, 6.07) is 6.06. The molecule has 110 valence electrons. The summed E-state index contributed by atoms with van der Waals surface area (Å²) in [7, 11) is 0. The Hall–Kier alpha value is -1.91. The third kappa shape index (κ3) is 2.41. The maximum absolute atomic E-state index is 4.42. The van der Waals surface area contributed by atoms with E-state index in [0.717, 1.165) is 42.3 Å². The highest BCUT2D eigenvalue weighted by Gasteiger charge is 2.34. The van der Waals surface area contributed by atoms with Crippen molar-refractivity contribution in [2.75, 3.05) is 18.0 Å². The first-order valence-electron chi connectivity index (χ1n) is 7.91. The van der Waals surface area contributed by atoms with E-state index in [2.05, 4.69) is 26.3 Å². The van der Waals surface area contributed by atoms with Gasteiger partial charge in [0.2, 0.25) is 0 Å². The molecule has 1 aliphatic carbocycles. The number of rotatable bonds is 2. The average Bonchev–Trinajstić information content (AvgIpc) is 3.13. The first-order valence-corrected chi connectivity index (χ1v) is 7.91. The molecule has 5 heteroatoms. The van der Waals surface area contributed by atoms with Crippen LogP contribution < -0.4 is 4.90 Å². The van der Waals surface area contributed by atoms with Crippen molar-refractivity contribution in [2.24, 2.45) is 11.8 Å². The van der Waals surface area contributed by atoms with E-state index in [1.54, 1.807) is 4.68 Å². The minimum Gasteiger partial charge on any atom is -0.355 e. The molecule has 0 radical (unpaired) electrons. The average molecular weight is 283 g/mol. The fraction of sp³-hybridized carbons (Fsp3) is 0.562. The lowest BCUT2D eigenvalue weighted by molar-refractivity contribution is 0.299. The summed E-state index contributed by atoms with van der Waals surface area (Å²) in [5.41, 5.74) is 0.990. The van der Waals surface area contributed by atoms with Crippen LogP contribution in [0.25, 0.3) is 5.82 Å². The van der Waals surface area contributed by atoms with Gasteiger partial charge in [0.05, 0.1) is 5.69 Å². The second-order valence-electron chi connectivity index (χ2n) is 6.36. The molecule has 2 aromatic rings. The molecule has 2 fully saturated rings. The zero-order valence-electron chi connectivity index (χ0n) is 12.4. The Morgan fingerprint density at radius 2 is 1.62 bits per heavy atom. The van der Waals surface area contributed by atoms with Gasteiger partial charge in [0.25, 0.3) is 0 Å². The van der Waals surface area contributed by atoms with Crippen LogP contribution in [0.1, 0.15) is 31.4 Å². The highest BCUT2D eigenvalue weighted by molar-refractivity contribution is 5.41. The first-order chi connectivity index (χ1) is 10.3. The highest BCUT2D eigenvalue weighted by atomic mass is 15.4. The van der Waals surface area contributed by atoms with Gasteiger partial charge in [0.1, 0.15) is 0 Å². The van der Waals surface area contributed by atoms with Gasteiger partial charge in [-0.1, -0.05) is 12.8 Å². The predicted molar refractivity (Wildman–Crippen MR) is 81.6 cm³/mol. The largest absolute Gasteiger partial charge is 0.355 e. The minimum absolute atomic E-state index is 0.781. The zero-order chi connectivity index (χ0) is 14.2. The molecule has 4 rings (SSSR count). The van der Waals surface area contributed by atoms with Crippen LogP contribution in [0.4, 0.5) is 5.82 Å². The van der Waals surface area contributed by atoms with Crippen LogP contribution in [0.2, 0.25) is 0 Å². The normalized spacial score (nSPS) is 25.1. The molecule has 1 aliphatic heterocycles. The van der Waals surface area contributed by atoms with Crippen molar-refractivity contribution < 1.29 is 0 Å². The number of hydrogen-bond donors (Lipinski definition) is 0. The maximum atomic E-state index is 4.42. The summed E-state index contributed by atoms with van der Waals surface area (Å²) >= 11 is 0. The Morgan fingerprint density at radius 1 is 0.952 bits per heavy atom. The van der Waals surface area contributed by atoms with E-state index in [1.807, 2.05) is 25.3 Å². The van der Waals surface area contributed by atoms with Gasteiger partial charge in [-0.2, -0.15) is 5.10 Å². The van der Waals surface area contributed by atoms with E-state index >= 15 is 0 Å². The van der Waals surface area contributed by atoms with Crippen LogP contribution in [0.3, 0.4) is 0 Å². The van der Waals surface area contributed by atoms with E-state index in [0.29, 0.717) is 0 Å². The standard InChI is InChI=1S/C16H21N5/c1-12-8-9-21(19-12)16-7-6-15(17-18-16)20-10-13-4-2-3-5-14(13)11-20/h6-9,13-14H,2-5,10-11H2,1H3. The summed E-state index contributed by atoms with van der Waals surface area (Å²) in [4.78, 5) is 2.41. The summed E-state index contributed by atoms with van der Waals surface area (Å²) in [5.74, 6) is 3.53.